The van der Waals surface area contributed by atoms with Gasteiger partial charge in [-0.25, -0.2) is 4.68 Å². The smallest absolute Gasteiger partial charge is 0.291 e. The van der Waals surface area contributed by atoms with Crippen LogP contribution in [0.4, 0.5) is 0 Å². The quantitative estimate of drug-likeness (QED) is 0.473. The Morgan fingerprint density at radius 3 is 2.90 bits per heavy atom. The van der Waals surface area contributed by atoms with Gasteiger partial charge >= 0.3 is 0 Å². The molecule has 0 radical (unpaired) electrons. The molecule has 0 saturated carbocycles. The van der Waals surface area contributed by atoms with E-state index in [1.54, 1.807) is 11.3 Å². The number of nitrogens with zero attached hydrogens (tertiary/aromatic N) is 4. The number of hydrogen-bond donors (Lipinski definition) is 1. The fraction of sp³-hybridized carbons (Fsp3) is 0.348. The summed E-state index contributed by atoms with van der Waals surface area (Å²) < 4.78 is 4.18. The van der Waals surface area contributed by atoms with Crippen molar-refractivity contribution in [3.05, 3.63) is 69.1 Å². The summed E-state index contributed by atoms with van der Waals surface area (Å²) in [5.41, 5.74) is 4.15. The molecule has 1 aliphatic heterocycles. The predicted molar refractivity (Wildman–Crippen MR) is 123 cm³/mol. The third kappa shape index (κ3) is 3.88. The number of thiophene rings is 1. The molecule has 0 saturated heterocycles. The molecule has 4 aromatic rings. The molecule has 0 spiro atoms. The van der Waals surface area contributed by atoms with E-state index in [4.69, 9.17) is 0 Å². The first-order valence-corrected chi connectivity index (χ1v) is 11.5. The molecule has 0 unspecified atom stereocenters. The molecule has 7 nitrogen and oxygen atoms in total. The van der Waals surface area contributed by atoms with Crippen LogP contribution in [0.25, 0.3) is 15.7 Å². The van der Waals surface area contributed by atoms with Gasteiger partial charge in [0.05, 0.1) is 10.2 Å². The number of carbonyl (C=O) groups excluding carboxylic acids is 1. The number of amides is 1. The maximum Gasteiger partial charge on any atom is 0.291 e. The van der Waals surface area contributed by atoms with Gasteiger partial charge in [0.25, 0.3) is 5.56 Å². The van der Waals surface area contributed by atoms with Crippen LogP contribution in [0.5, 0.6) is 0 Å². The molecule has 1 aliphatic rings. The third-order valence-electron chi connectivity index (χ3n) is 5.94. The minimum Gasteiger partial charge on any atom is -0.354 e. The lowest BCUT2D eigenvalue weighted by Crippen LogP contribution is -2.37. The van der Waals surface area contributed by atoms with E-state index in [9.17, 15) is 9.59 Å². The van der Waals surface area contributed by atoms with Gasteiger partial charge in [-0.2, -0.15) is 5.10 Å². The summed E-state index contributed by atoms with van der Waals surface area (Å²) in [5, 5.41) is 9.30. The lowest BCUT2D eigenvalue weighted by Gasteiger charge is -2.28. The van der Waals surface area contributed by atoms with Crippen molar-refractivity contribution in [2.24, 2.45) is 0 Å². The van der Waals surface area contributed by atoms with Crippen LogP contribution in [0.3, 0.4) is 0 Å². The summed E-state index contributed by atoms with van der Waals surface area (Å²) in [6, 6.07) is 12.5. The van der Waals surface area contributed by atoms with Crippen LogP contribution < -0.4 is 10.9 Å². The highest BCUT2D eigenvalue weighted by molar-refractivity contribution is 7.17. The monoisotopic (exact) mass is 435 g/mol. The molecule has 0 aliphatic carbocycles. The topological polar surface area (TPSA) is 71.6 Å². The van der Waals surface area contributed by atoms with Crippen LogP contribution in [0, 0.1) is 6.92 Å². The molecular weight excluding hydrogens is 410 g/mol. The maximum absolute atomic E-state index is 12.8. The average Bonchev–Trinajstić information content (AvgIpc) is 3.36. The fourth-order valence-corrected chi connectivity index (χ4v) is 5.21. The molecule has 0 atom stereocenters. The lowest BCUT2D eigenvalue weighted by molar-refractivity contribution is -0.121. The second-order valence-corrected chi connectivity index (χ2v) is 8.99. The SMILES string of the molecule is Cc1nn(CC(=O)NCCCN2CCc3ccccc3C2)c(=O)c2cc3sccc3n12. The number of nitrogens with one attached hydrogen (secondary N) is 1. The standard InChI is InChI=1S/C23H25N5O2S/c1-16-25-27(23(30)20-13-21-19(28(16)20)8-12-31-21)15-22(29)24-9-4-10-26-11-7-17-5-2-3-6-18(17)14-26/h2-3,5-6,8,12-13H,4,7,9-11,14-15H2,1H3,(H,24,29). The molecular formula is C23H25N5O2S. The molecule has 0 bridgehead atoms. The number of aryl methyl sites for hydroxylation is 1. The third-order valence-corrected chi connectivity index (χ3v) is 6.80. The summed E-state index contributed by atoms with van der Waals surface area (Å²) in [6.45, 7) is 5.35. The van der Waals surface area contributed by atoms with Crippen LogP contribution in [-0.4, -0.2) is 44.6 Å². The summed E-state index contributed by atoms with van der Waals surface area (Å²) in [6.07, 6.45) is 1.96. The van der Waals surface area contributed by atoms with Crippen LogP contribution in [0.15, 0.2) is 46.6 Å². The molecule has 0 fully saturated rings. The van der Waals surface area contributed by atoms with Gasteiger partial charge in [0.2, 0.25) is 5.91 Å². The summed E-state index contributed by atoms with van der Waals surface area (Å²) in [5.74, 6) is 0.511. The molecule has 1 amide bonds. The normalized spacial score (nSPS) is 14.2. The Labute approximate surface area is 183 Å². The molecule has 160 valence electrons. The van der Waals surface area contributed by atoms with Crippen LogP contribution in [0.1, 0.15) is 23.4 Å². The van der Waals surface area contributed by atoms with E-state index in [1.807, 2.05) is 28.8 Å². The van der Waals surface area contributed by atoms with Crippen molar-refractivity contribution >= 4 is 33.0 Å². The van der Waals surface area contributed by atoms with E-state index in [-0.39, 0.29) is 18.0 Å². The highest BCUT2D eigenvalue weighted by Gasteiger charge is 2.16. The number of benzene rings is 1. The van der Waals surface area contributed by atoms with Crippen molar-refractivity contribution in [1.82, 2.24) is 24.4 Å². The predicted octanol–water partition coefficient (Wildman–Crippen LogP) is 2.58. The first-order chi connectivity index (χ1) is 15.1. The highest BCUT2D eigenvalue weighted by Crippen LogP contribution is 2.24. The summed E-state index contributed by atoms with van der Waals surface area (Å²) >= 11 is 1.59. The minimum absolute atomic E-state index is 0.0634. The van der Waals surface area contributed by atoms with Gasteiger partial charge in [0, 0.05) is 26.2 Å². The van der Waals surface area contributed by atoms with E-state index in [2.05, 4.69) is 39.6 Å². The van der Waals surface area contributed by atoms with Crippen LogP contribution >= 0.6 is 11.3 Å². The number of hydrogen-bond acceptors (Lipinski definition) is 5. The van der Waals surface area contributed by atoms with Crippen LogP contribution in [-0.2, 0) is 24.3 Å². The molecule has 1 aromatic carbocycles. The molecule has 3 aromatic heterocycles. The van der Waals surface area contributed by atoms with E-state index >= 15 is 0 Å². The molecule has 8 heteroatoms. The van der Waals surface area contributed by atoms with E-state index in [1.165, 1.54) is 15.8 Å². The largest absolute Gasteiger partial charge is 0.354 e. The Hall–Kier alpha value is -2.97. The Kier molecular flexibility index (Phi) is 5.33. The number of aromatic nitrogens is 3. The van der Waals surface area contributed by atoms with Gasteiger partial charge in [-0.15, -0.1) is 11.3 Å². The highest BCUT2D eigenvalue weighted by atomic mass is 32.1. The van der Waals surface area contributed by atoms with Crippen LogP contribution in [0.2, 0.25) is 0 Å². The van der Waals surface area contributed by atoms with Crippen molar-refractivity contribution in [2.45, 2.75) is 32.9 Å². The fourth-order valence-electron chi connectivity index (χ4n) is 4.40. The van der Waals surface area contributed by atoms with Crippen molar-refractivity contribution in [2.75, 3.05) is 19.6 Å². The van der Waals surface area contributed by atoms with Crippen molar-refractivity contribution in [1.29, 1.82) is 0 Å². The first-order valence-electron chi connectivity index (χ1n) is 10.6. The van der Waals surface area contributed by atoms with Gasteiger partial charge < -0.3 is 5.32 Å². The summed E-state index contributed by atoms with van der Waals surface area (Å²) in [4.78, 5) is 27.7. The lowest BCUT2D eigenvalue weighted by atomic mass is 10.00. The van der Waals surface area contributed by atoms with E-state index in [0.717, 1.165) is 42.7 Å². The molecule has 5 rings (SSSR count). The minimum atomic E-state index is -0.240. The Balaban J connectivity index is 1.16. The molecule has 1 N–H and O–H groups in total. The van der Waals surface area contributed by atoms with Gasteiger partial charge in [-0.1, -0.05) is 24.3 Å². The average molecular weight is 436 g/mol. The van der Waals surface area contributed by atoms with Gasteiger partial charge in [0.15, 0.2) is 0 Å². The Morgan fingerprint density at radius 1 is 1.19 bits per heavy atom. The number of rotatable bonds is 6. The second-order valence-electron chi connectivity index (χ2n) is 8.04. The first kappa shape index (κ1) is 20.0. The van der Waals surface area contributed by atoms with E-state index in [0.29, 0.717) is 17.9 Å². The maximum atomic E-state index is 12.8. The Bertz CT molecular complexity index is 1320. The van der Waals surface area contributed by atoms with Crippen molar-refractivity contribution in [3.8, 4) is 0 Å². The number of carbonyl (C=O) groups is 1. The van der Waals surface area contributed by atoms with E-state index < -0.39 is 0 Å². The zero-order valence-corrected chi connectivity index (χ0v) is 18.3. The van der Waals surface area contributed by atoms with Crippen molar-refractivity contribution < 1.29 is 4.79 Å². The zero-order chi connectivity index (χ0) is 21.4. The van der Waals surface area contributed by atoms with Gasteiger partial charge in [0.1, 0.15) is 17.9 Å². The van der Waals surface area contributed by atoms with Gasteiger partial charge in [-0.3, -0.25) is 18.9 Å². The van der Waals surface area contributed by atoms with Gasteiger partial charge in [-0.05, 0) is 48.4 Å². The number of fused-ring (bicyclic) bond motifs is 4. The molecule has 4 heterocycles. The Morgan fingerprint density at radius 2 is 2.03 bits per heavy atom. The zero-order valence-electron chi connectivity index (χ0n) is 17.5. The molecule has 31 heavy (non-hydrogen) atoms. The van der Waals surface area contributed by atoms with Crippen molar-refractivity contribution in [3.63, 3.8) is 0 Å². The second kappa shape index (κ2) is 8.28. The summed E-state index contributed by atoms with van der Waals surface area (Å²) in [7, 11) is 0.